The molecule has 2 amide bonds. The molecule has 1 saturated heterocycles. The minimum atomic E-state index is -0.0745. The van der Waals surface area contributed by atoms with Crippen LogP contribution >= 0.6 is 11.8 Å². The molecular weight excluding hydrogens is 550 g/mol. The molecule has 9 nitrogen and oxygen atoms in total. The molecule has 0 N–H and O–H groups in total. The Labute approximate surface area is 250 Å². The largest absolute Gasteiger partial charge is 0.497 e. The molecule has 5 rings (SSSR count). The van der Waals surface area contributed by atoms with Crippen molar-refractivity contribution < 1.29 is 19.1 Å². The first-order chi connectivity index (χ1) is 20.4. The predicted molar refractivity (Wildman–Crippen MR) is 163 cm³/mol. The van der Waals surface area contributed by atoms with Crippen LogP contribution in [0.4, 0.5) is 0 Å². The van der Waals surface area contributed by atoms with Crippen molar-refractivity contribution in [2.75, 3.05) is 39.6 Å². The zero-order chi connectivity index (χ0) is 29.6. The van der Waals surface area contributed by atoms with E-state index in [0.29, 0.717) is 37.0 Å². The first-order valence-electron chi connectivity index (χ1n) is 13.9. The molecule has 3 aromatic carbocycles. The van der Waals surface area contributed by atoms with Crippen LogP contribution in [-0.2, 0) is 16.0 Å². The Balaban J connectivity index is 1.25. The molecule has 1 atom stereocenters. The smallest absolute Gasteiger partial charge is 0.233 e. The summed E-state index contributed by atoms with van der Waals surface area (Å²) in [4.78, 5) is 30.0. The molecule has 4 aromatic rings. The van der Waals surface area contributed by atoms with Crippen LogP contribution in [0.3, 0.4) is 0 Å². The summed E-state index contributed by atoms with van der Waals surface area (Å²) in [7, 11) is 3.26. The Morgan fingerprint density at radius 3 is 2.12 bits per heavy atom. The highest BCUT2D eigenvalue weighted by Gasteiger charge is 2.30. The highest BCUT2D eigenvalue weighted by Crippen LogP contribution is 2.29. The van der Waals surface area contributed by atoms with Gasteiger partial charge in [0.25, 0.3) is 0 Å². The van der Waals surface area contributed by atoms with Gasteiger partial charge in [-0.05, 0) is 55.8 Å². The number of ether oxygens (including phenoxy) is 2. The lowest BCUT2D eigenvalue weighted by atomic mass is 10.1. The van der Waals surface area contributed by atoms with E-state index in [2.05, 4.69) is 10.2 Å². The number of aryl methyl sites for hydroxylation is 1. The third-order valence-corrected chi connectivity index (χ3v) is 8.33. The fourth-order valence-electron chi connectivity index (χ4n) is 5.01. The molecule has 1 aromatic heterocycles. The summed E-state index contributed by atoms with van der Waals surface area (Å²) < 4.78 is 12.5. The summed E-state index contributed by atoms with van der Waals surface area (Å²) >= 11 is 1.36. The van der Waals surface area contributed by atoms with E-state index in [4.69, 9.17) is 9.47 Å². The Kier molecular flexibility index (Phi) is 9.12. The Hall–Kier alpha value is -4.31. The van der Waals surface area contributed by atoms with Crippen molar-refractivity contribution in [3.63, 3.8) is 0 Å². The minimum absolute atomic E-state index is 0.00951. The number of benzene rings is 3. The van der Waals surface area contributed by atoms with Crippen molar-refractivity contribution in [1.29, 1.82) is 0 Å². The number of amides is 2. The Morgan fingerprint density at radius 1 is 0.857 bits per heavy atom. The number of piperazine rings is 1. The van der Waals surface area contributed by atoms with Crippen LogP contribution in [0.15, 0.2) is 78.0 Å². The van der Waals surface area contributed by atoms with Gasteiger partial charge in [-0.1, -0.05) is 53.7 Å². The standard InChI is InChI=1S/C32H35N5O4S/c1-22-5-9-25(10-6-22)31-33-34-32(37(31)26-11-15-28(41-4)16-12-26)42-21-30(39)35-17-18-36(23(2)20-35)29(38)19-24-7-13-27(40-3)14-8-24/h5-16,23H,17-21H2,1-4H3. The van der Waals surface area contributed by atoms with Gasteiger partial charge in [0.1, 0.15) is 11.5 Å². The third kappa shape index (κ3) is 6.60. The molecule has 10 heteroatoms. The first kappa shape index (κ1) is 29.2. The van der Waals surface area contributed by atoms with Gasteiger partial charge in [0, 0.05) is 36.9 Å². The van der Waals surface area contributed by atoms with Crippen LogP contribution < -0.4 is 9.47 Å². The fourth-order valence-corrected chi connectivity index (χ4v) is 5.86. The fraction of sp³-hybridized carbons (Fsp3) is 0.312. The maximum absolute atomic E-state index is 13.3. The molecule has 42 heavy (non-hydrogen) atoms. The van der Waals surface area contributed by atoms with Crippen LogP contribution in [0.1, 0.15) is 18.1 Å². The van der Waals surface area contributed by atoms with Gasteiger partial charge in [0.2, 0.25) is 11.8 Å². The quantitative estimate of drug-likeness (QED) is 0.264. The second-order valence-electron chi connectivity index (χ2n) is 10.3. The van der Waals surface area contributed by atoms with E-state index in [0.717, 1.165) is 33.9 Å². The van der Waals surface area contributed by atoms with Crippen molar-refractivity contribution in [3.8, 4) is 28.6 Å². The second-order valence-corrected chi connectivity index (χ2v) is 11.2. The lowest BCUT2D eigenvalue weighted by molar-refractivity contribution is -0.140. The predicted octanol–water partition coefficient (Wildman–Crippen LogP) is 4.65. The van der Waals surface area contributed by atoms with Crippen molar-refractivity contribution in [2.24, 2.45) is 0 Å². The average Bonchev–Trinajstić information content (AvgIpc) is 3.44. The summed E-state index contributed by atoms with van der Waals surface area (Å²) in [6, 6.07) is 23.3. The molecule has 0 saturated carbocycles. The van der Waals surface area contributed by atoms with Gasteiger partial charge in [0.05, 0.1) is 26.4 Å². The maximum atomic E-state index is 13.3. The number of thioether (sulfide) groups is 1. The number of rotatable bonds is 9. The molecule has 1 fully saturated rings. The molecule has 1 aliphatic heterocycles. The maximum Gasteiger partial charge on any atom is 0.233 e. The zero-order valence-electron chi connectivity index (χ0n) is 24.3. The van der Waals surface area contributed by atoms with Gasteiger partial charge < -0.3 is 19.3 Å². The van der Waals surface area contributed by atoms with Crippen molar-refractivity contribution >= 4 is 23.6 Å². The number of hydrogen-bond acceptors (Lipinski definition) is 7. The van der Waals surface area contributed by atoms with Crippen molar-refractivity contribution in [2.45, 2.75) is 31.5 Å². The van der Waals surface area contributed by atoms with Crippen LogP contribution in [0.25, 0.3) is 17.1 Å². The number of carbonyl (C=O) groups excluding carboxylic acids is 2. The van der Waals surface area contributed by atoms with E-state index < -0.39 is 0 Å². The van der Waals surface area contributed by atoms with Crippen LogP contribution in [-0.4, -0.2) is 82.0 Å². The molecular formula is C32H35N5O4S. The first-order valence-corrected chi connectivity index (χ1v) is 14.8. The molecule has 0 spiro atoms. The summed E-state index contributed by atoms with van der Waals surface area (Å²) in [6.45, 7) is 5.53. The van der Waals surface area contributed by atoms with Crippen molar-refractivity contribution in [3.05, 3.63) is 83.9 Å². The van der Waals surface area contributed by atoms with Gasteiger partial charge in [-0.25, -0.2) is 0 Å². The summed E-state index contributed by atoms with van der Waals surface area (Å²) in [5.41, 5.74) is 3.91. The summed E-state index contributed by atoms with van der Waals surface area (Å²) in [5.74, 6) is 2.50. The number of methoxy groups -OCH3 is 2. The summed E-state index contributed by atoms with van der Waals surface area (Å²) in [6.07, 6.45) is 0.322. The Bertz CT molecular complexity index is 1520. The number of nitrogens with zero attached hydrogens (tertiary/aromatic N) is 5. The molecule has 2 heterocycles. The topological polar surface area (TPSA) is 89.8 Å². The number of aromatic nitrogens is 3. The van der Waals surface area contributed by atoms with E-state index in [1.165, 1.54) is 11.8 Å². The van der Waals surface area contributed by atoms with Gasteiger partial charge in [-0.3, -0.25) is 14.2 Å². The van der Waals surface area contributed by atoms with Crippen LogP contribution in [0.2, 0.25) is 0 Å². The van der Waals surface area contributed by atoms with E-state index in [-0.39, 0.29) is 23.6 Å². The lowest BCUT2D eigenvalue weighted by Crippen LogP contribution is -2.56. The van der Waals surface area contributed by atoms with E-state index in [1.54, 1.807) is 14.2 Å². The monoisotopic (exact) mass is 585 g/mol. The molecule has 218 valence electrons. The molecule has 1 unspecified atom stereocenters. The van der Waals surface area contributed by atoms with Gasteiger partial charge in [-0.2, -0.15) is 0 Å². The zero-order valence-corrected chi connectivity index (χ0v) is 25.1. The van der Waals surface area contributed by atoms with Gasteiger partial charge >= 0.3 is 0 Å². The van der Waals surface area contributed by atoms with Crippen LogP contribution in [0.5, 0.6) is 11.5 Å². The van der Waals surface area contributed by atoms with Gasteiger partial charge in [-0.15, -0.1) is 10.2 Å². The van der Waals surface area contributed by atoms with E-state index in [1.807, 2.05) is 101 Å². The number of hydrogen-bond donors (Lipinski definition) is 0. The average molecular weight is 586 g/mol. The third-order valence-electron chi connectivity index (χ3n) is 7.41. The highest BCUT2D eigenvalue weighted by atomic mass is 32.2. The number of carbonyl (C=O) groups is 2. The van der Waals surface area contributed by atoms with E-state index in [9.17, 15) is 9.59 Å². The Morgan fingerprint density at radius 2 is 1.50 bits per heavy atom. The van der Waals surface area contributed by atoms with Gasteiger partial charge in [0.15, 0.2) is 11.0 Å². The lowest BCUT2D eigenvalue weighted by Gasteiger charge is -2.40. The molecule has 0 bridgehead atoms. The molecule has 0 aliphatic carbocycles. The van der Waals surface area contributed by atoms with Crippen LogP contribution in [0, 0.1) is 6.92 Å². The molecule has 0 radical (unpaired) electrons. The SMILES string of the molecule is COc1ccc(CC(=O)N2CCN(C(=O)CSc3nnc(-c4ccc(C)cc4)n3-c3ccc(OC)cc3)CC2C)cc1. The normalized spacial score (nSPS) is 15.0. The van der Waals surface area contributed by atoms with Crippen molar-refractivity contribution in [1.82, 2.24) is 24.6 Å². The summed E-state index contributed by atoms with van der Waals surface area (Å²) in [5, 5.41) is 9.59. The minimum Gasteiger partial charge on any atom is -0.497 e. The second kappa shape index (κ2) is 13.1. The molecule has 1 aliphatic rings. The van der Waals surface area contributed by atoms with E-state index >= 15 is 0 Å². The highest BCUT2D eigenvalue weighted by molar-refractivity contribution is 7.99.